The van der Waals surface area contributed by atoms with Crippen molar-refractivity contribution in [3.05, 3.63) is 305 Å². The number of benzene rings is 10. The first-order valence-corrected chi connectivity index (χ1v) is 22.1. The van der Waals surface area contributed by atoms with Crippen LogP contribution < -0.4 is 9.64 Å². The van der Waals surface area contributed by atoms with Crippen molar-refractivity contribution in [2.45, 2.75) is 10.8 Å². The van der Waals surface area contributed by atoms with Crippen LogP contribution in [0.4, 0.5) is 17.1 Å². The minimum atomic E-state index is -0.603. The van der Waals surface area contributed by atoms with Crippen LogP contribution in [-0.2, 0) is 10.8 Å². The second-order valence-electron chi connectivity index (χ2n) is 16.8. The highest BCUT2D eigenvalue weighted by Crippen LogP contribution is 2.58. The van der Waals surface area contributed by atoms with Crippen LogP contribution in [-0.4, -0.2) is 0 Å². The van der Waals surface area contributed by atoms with E-state index in [2.05, 4.69) is 266 Å². The first-order chi connectivity index (χ1) is 31.7. The van der Waals surface area contributed by atoms with Gasteiger partial charge in [-0.15, -0.1) is 0 Å². The van der Waals surface area contributed by atoms with Crippen molar-refractivity contribution in [1.82, 2.24) is 0 Å². The molecule has 0 bridgehead atoms. The maximum Gasteiger partial charge on any atom is 0.132 e. The number of para-hydroxylation sites is 3. The number of rotatable bonds is 8. The van der Waals surface area contributed by atoms with Gasteiger partial charge >= 0.3 is 0 Å². The van der Waals surface area contributed by atoms with Crippen molar-refractivity contribution < 1.29 is 4.74 Å². The lowest BCUT2D eigenvalue weighted by molar-refractivity contribution is 0.434. The number of hydrogen-bond donors (Lipinski definition) is 0. The molecule has 12 rings (SSSR count). The molecule has 0 radical (unpaired) electrons. The van der Waals surface area contributed by atoms with Gasteiger partial charge in [-0.3, -0.25) is 0 Å². The predicted molar refractivity (Wildman–Crippen MR) is 262 cm³/mol. The third-order valence-corrected chi connectivity index (χ3v) is 13.5. The second-order valence-corrected chi connectivity index (χ2v) is 16.8. The smallest absolute Gasteiger partial charge is 0.132 e. The molecule has 2 aliphatic rings. The second kappa shape index (κ2) is 15.3. The molecule has 302 valence electrons. The summed E-state index contributed by atoms with van der Waals surface area (Å²) in [7, 11) is 0. The molecule has 10 aromatic rings. The Morgan fingerprint density at radius 3 is 1.25 bits per heavy atom. The SMILES string of the molecule is c1ccc(-c2ccc(C3(c4cccc(N(c5ccccc5)c5ccc(C6(c7ccccc7)c7ccccc7Oc7ccccc76)cc5)c4)c4ccccc4-c4ccccc43)cc2)cc1. The first-order valence-electron chi connectivity index (χ1n) is 22.1. The number of hydrogen-bond acceptors (Lipinski definition) is 2. The van der Waals surface area contributed by atoms with Crippen molar-refractivity contribution in [2.24, 2.45) is 0 Å². The quantitative estimate of drug-likeness (QED) is 0.151. The summed E-state index contributed by atoms with van der Waals surface area (Å²) < 4.78 is 6.61. The van der Waals surface area contributed by atoms with Crippen LogP contribution in [0.25, 0.3) is 22.3 Å². The van der Waals surface area contributed by atoms with Crippen LogP contribution >= 0.6 is 0 Å². The van der Waals surface area contributed by atoms with E-state index in [9.17, 15) is 0 Å². The van der Waals surface area contributed by atoms with Crippen molar-refractivity contribution in [1.29, 1.82) is 0 Å². The Kier molecular flexibility index (Phi) is 8.98. The van der Waals surface area contributed by atoms with Gasteiger partial charge in [0.1, 0.15) is 11.5 Å². The monoisotopic (exact) mass is 817 g/mol. The van der Waals surface area contributed by atoms with Crippen molar-refractivity contribution in [3.8, 4) is 33.8 Å². The molecular weight excluding hydrogens is 775 g/mol. The summed E-state index contributed by atoms with van der Waals surface area (Å²) in [5.74, 6) is 1.74. The van der Waals surface area contributed by atoms with Crippen LogP contribution in [0.1, 0.15) is 44.5 Å². The van der Waals surface area contributed by atoms with E-state index in [0.717, 1.165) is 39.7 Å². The van der Waals surface area contributed by atoms with Crippen LogP contribution in [0, 0.1) is 0 Å². The molecule has 1 heterocycles. The van der Waals surface area contributed by atoms with Crippen molar-refractivity contribution >= 4 is 17.1 Å². The minimum Gasteiger partial charge on any atom is -0.457 e. The highest BCUT2D eigenvalue weighted by Gasteiger charge is 2.47. The van der Waals surface area contributed by atoms with Gasteiger partial charge in [0.15, 0.2) is 0 Å². The lowest BCUT2D eigenvalue weighted by atomic mass is 9.63. The zero-order valence-corrected chi connectivity index (χ0v) is 35.2. The zero-order chi connectivity index (χ0) is 42.5. The average molecular weight is 818 g/mol. The number of ether oxygens (including phenoxy) is 1. The van der Waals surface area contributed by atoms with Crippen LogP contribution in [0.5, 0.6) is 11.5 Å². The molecule has 1 aliphatic heterocycles. The van der Waals surface area contributed by atoms with Gasteiger partial charge in [0.25, 0.3) is 0 Å². The van der Waals surface area contributed by atoms with E-state index in [0.29, 0.717) is 0 Å². The summed E-state index contributed by atoms with van der Waals surface area (Å²) in [6.45, 7) is 0. The Hall–Kier alpha value is -8.20. The third-order valence-electron chi connectivity index (χ3n) is 13.5. The third kappa shape index (κ3) is 5.73. The normalized spacial score (nSPS) is 13.7. The molecule has 64 heavy (non-hydrogen) atoms. The molecule has 0 aromatic heterocycles. The standard InChI is InChI=1S/C62H43NO/c1-4-19-44(20-5-1)45-35-37-47(38-36-45)62(55-29-12-10-27-53(55)54-28-11-13-30-56(54)62)49-23-18-26-52(43-49)63(50-24-8-3-9-25-50)51-41-39-48(40-42-51)61(46-21-6-2-7-22-46)57-31-14-16-33-59(57)64-60-34-17-15-32-58(60)61/h1-43H. The Balaban J connectivity index is 1.04. The van der Waals surface area contributed by atoms with Gasteiger partial charge in [-0.1, -0.05) is 212 Å². The largest absolute Gasteiger partial charge is 0.457 e. The first kappa shape index (κ1) is 37.6. The molecule has 0 saturated heterocycles. The van der Waals surface area contributed by atoms with E-state index in [1.165, 1.54) is 55.6 Å². The molecule has 0 atom stereocenters. The topological polar surface area (TPSA) is 12.5 Å². The maximum absolute atomic E-state index is 6.61. The van der Waals surface area contributed by atoms with Crippen molar-refractivity contribution in [3.63, 3.8) is 0 Å². The average Bonchev–Trinajstić information content (AvgIpc) is 3.68. The lowest BCUT2D eigenvalue weighted by Crippen LogP contribution is -2.34. The lowest BCUT2D eigenvalue weighted by Gasteiger charge is -2.41. The number of anilines is 3. The molecule has 0 N–H and O–H groups in total. The van der Waals surface area contributed by atoms with Crippen LogP contribution in [0.2, 0.25) is 0 Å². The summed E-state index contributed by atoms with van der Waals surface area (Å²) in [5.41, 5.74) is 16.7. The van der Waals surface area contributed by atoms with Gasteiger partial charge in [-0.05, 0) is 104 Å². The van der Waals surface area contributed by atoms with Gasteiger partial charge in [-0.2, -0.15) is 0 Å². The summed E-state index contributed by atoms with van der Waals surface area (Å²) in [4.78, 5) is 2.40. The zero-order valence-electron chi connectivity index (χ0n) is 35.2. The van der Waals surface area contributed by atoms with E-state index in [4.69, 9.17) is 4.74 Å². The molecule has 0 unspecified atom stereocenters. The molecule has 2 nitrogen and oxygen atoms in total. The molecule has 0 spiro atoms. The van der Waals surface area contributed by atoms with E-state index >= 15 is 0 Å². The summed E-state index contributed by atoms with van der Waals surface area (Å²) in [6, 6.07) is 94.9. The van der Waals surface area contributed by atoms with Gasteiger partial charge < -0.3 is 9.64 Å². The van der Waals surface area contributed by atoms with E-state index in [1.807, 2.05) is 0 Å². The summed E-state index contributed by atoms with van der Waals surface area (Å²) in [5, 5.41) is 0. The van der Waals surface area contributed by atoms with E-state index < -0.39 is 10.8 Å². The Morgan fingerprint density at radius 2 is 0.656 bits per heavy atom. The van der Waals surface area contributed by atoms with Gasteiger partial charge in [0.05, 0.1) is 10.8 Å². The molecule has 0 amide bonds. The molecule has 1 aliphatic carbocycles. The van der Waals surface area contributed by atoms with Crippen LogP contribution in [0.3, 0.4) is 0 Å². The Bertz CT molecular complexity index is 3190. The predicted octanol–water partition coefficient (Wildman–Crippen LogP) is 15.7. The number of nitrogens with zero attached hydrogens (tertiary/aromatic N) is 1. The molecule has 0 fully saturated rings. The van der Waals surface area contributed by atoms with Crippen LogP contribution in [0.15, 0.2) is 261 Å². The van der Waals surface area contributed by atoms with Gasteiger partial charge in [0, 0.05) is 28.2 Å². The number of fused-ring (bicyclic) bond motifs is 5. The molecule has 2 heteroatoms. The van der Waals surface area contributed by atoms with E-state index in [1.54, 1.807) is 0 Å². The fraction of sp³-hybridized carbons (Fsp3) is 0.0323. The molecule has 10 aromatic carbocycles. The minimum absolute atomic E-state index is 0.559. The molecular formula is C62H43NO. The molecule has 0 saturated carbocycles. The fourth-order valence-electron chi connectivity index (χ4n) is 10.8. The Labute approximate surface area is 375 Å². The maximum atomic E-state index is 6.61. The van der Waals surface area contributed by atoms with Gasteiger partial charge in [0.2, 0.25) is 0 Å². The summed E-state index contributed by atoms with van der Waals surface area (Å²) >= 11 is 0. The van der Waals surface area contributed by atoms with E-state index in [-0.39, 0.29) is 0 Å². The van der Waals surface area contributed by atoms with Gasteiger partial charge in [-0.25, -0.2) is 0 Å². The van der Waals surface area contributed by atoms with Crippen molar-refractivity contribution in [2.75, 3.05) is 4.90 Å². The highest BCUT2D eigenvalue weighted by atomic mass is 16.5. The highest BCUT2D eigenvalue weighted by molar-refractivity contribution is 5.87. The summed E-state index contributed by atoms with van der Waals surface area (Å²) in [6.07, 6.45) is 0. The fourth-order valence-corrected chi connectivity index (χ4v) is 10.8. The Morgan fingerprint density at radius 1 is 0.266 bits per heavy atom.